The van der Waals surface area contributed by atoms with Crippen molar-refractivity contribution in [2.24, 2.45) is 0 Å². The summed E-state index contributed by atoms with van der Waals surface area (Å²) in [5.74, 6) is -0.611. The van der Waals surface area contributed by atoms with E-state index in [0.717, 1.165) is 4.88 Å². The number of anilines is 1. The van der Waals surface area contributed by atoms with Crippen LogP contribution in [0.15, 0.2) is 53.0 Å². The van der Waals surface area contributed by atoms with Crippen LogP contribution in [0.4, 0.5) is 10.5 Å². The van der Waals surface area contributed by atoms with Gasteiger partial charge in [-0.25, -0.2) is 9.59 Å². The highest BCUT2D eigenvalue weighted by atomic mass is 32.1. The monoisotopic (exact) mass is 427 g/mol. The number of allylic oxidation sites excluding steroid dienone is 1. The first-order valence-corrected chi connectivity index (χ1v) is 10.5. The first kappa shape index (κ1) is 21.6. The molecule has 0 unspecified atom stereocenters. The minimum Gasteiger partial charge on any atom is -0.459 e. The number of rotatable bonds is 6. The zero-order chi connectivity index (χ0) is 21.8. The summed E-state index contributed by atoms with van der Waals surface area (Å²) in [6, 6.07) is 9.95. The number of nitrogens with zero attached hydrogens (tertiary/aromatic N) is 1. The second-order valence-electron chi connectivity index (χ2n) is 7.32. The number of benzene rings is 1. The van der Waals surface area contributed by atoms with Gasteiger partial charge in [0.05, 0.1) is 24.1 Å². The largest absolute Gasteiger partial charge is 0.459 e. The molecule has 0 aliphatic carbocycles. The third kappa shape index (κ3) is 4.88. The minimum absolute atomic E-state index is 0.131. The highest BCUT2D eigenvalue weighted by molar-refractivity contribution is 7.10. The summed E-state index contributed by atoms with van der Waals surface area (Å²) in [6.07, 6.45) is 0.00179. The van der Waals surface area contributed by atoms with Gasteiger partial charge >= 0.3 is 12.0 Å². The number of thiophene rings is 1. The molecule has 7 nitrogen and oxygen atoms in total. The van der Waals surface area contributed by atoms with Crippen molar-refractivity contribution in [1.29, 1.82) is 0 Å². The average Bonchev–Trinajstić information content (AvgIpc) is 3.18. The van der Waals surface area contributed by atoms with Crippen LogP contribution in [-0.4, -0.2) is 36.0 Å². The average molecular weight is 428 g/mol. The molecule has 2 heterocycles. The Bertz CT molecular complexity index is 982. The van der Waals surface area contributed by atoms with E-state index < -0.39 is 12.0 Å². The molecule has 1 atom stereocenters. The van der Waals surface area contributed by atoms with Gasteiger partial charge in [0, 0.05) is 23.3 Å². The SMILES string of the molecule is CC1=C(C(=O)OC(C)C)[C@@H](c2cccc(NC(=O)Cc3cccs3)c2)NC(=O)N1C. The molecule has 3 amide bonds. The normalized spacial score (nSPS) is 16.5. The second kappa shape index (κ2) is 9.13. The van der Waals surface area contributed by atoms with Crippen molar-refractivity contribution in [3.8, 4) is 0 Å². The Balaban J connectivity index is 1.87. The molecule has 1 aliphatic rings. The molecule has 2 N–H and O–H groups in total. The van der Waals surface area contributed by atoms with Crippen LogP contribution < -0.4 is 10.6 Å². The third-order valence-corrected chi connectivity index (χ3v) is 5.61. The van der Waals surface area contributed by atoms with Crippen LogP contribution in [0.2, 0.25) is 0 Å². The maximum Gasteiger partial charge on any atom is 0.338 e. The van der Waals surface area contributed by atoms with Crippen LogP contribution >= 0.6 is 11.3 Å². The van der Waals surface area contributed by atoms with Crippen molar-refractivity contribution in [3.63, 3.8) is 0 Å². The molecule has 1 aromatic carbocycles. The Hall–Kier alpha value is -3.13. The fourth-order valence-corrected chi connectivity index (χ4v) is 3.90. The van der Waals surface area contributed by atoms with Crippen molar-refractivity contribution in [3.05, 3.63) is 63.5 Å². The fourth-order valence-electron chi connectivity index (χ4n) is 3.20. The summed E-state index contributed by atoms with van der Waals surface area (Å²) < 4.78 is 5.41. The van der Waals surface area contributed by atoms with E-state index in [9.17, 15) is 14.4 Å². The van der Waals surface area contributed by atoms with Crippen molar-refractivity contribution < 1.29 is 19.1 Å². The highest BCUT2D eigenvalue weighted by Gasteiger charge is 2.35. The molecule has 2 aromatic rings. The molecule has 0 saturated carbocycles. The molecule has 158 valence electrons. The summed E-state index contributed by atoms with van der Waals surface area (Å²) in [7, 11) is 1.60. The number of esters is 1. The molecule has 0 spiro atoms. The fraction of sp³-hybridized carbons (Fsp3) is 0.318. The first-order chi connectivity index (χ1) is 14.3. The van der Waals surface area contributed by atoms with Gasteiger partial charge in [-0.1, -0.05) is 18.2 Å². The zero-order valence-corrected chi connectivity index (χ0v) is 18.2. The van der Waals surface area contributed by atoms with E-state index in [1.165, 1.54) is 16.2 Å². The van der Waals surface area contributed by atoms with E-state index in [1.807, 2.05) is 17.5 Å². The lowest BCUT2D eigenvalue weighted by Crippen LogP contribution is -2.46. The van der Waals surface area contributed by atoms with Crippen LogP contribution in [0.5, 0.6) is 0 Å². The van der Waals surface area contributed by atoms with Gasteiger partial charge in [-0.15, -0.1) is 11.3 Å². The van der Waals surface area contributed by atoms with Gasteiger partial charge in [-0.05, 0) is 49.9 Å². The van der Waals surface area contributed by atoms with Gasteiger partial charge < -0.3 is 20.3 Å². The van der Waals surface area contributed by atoms with E-state index in [4.69, 9.17) is 4.74 Å². The summed E-state index contributed by atoms with van der Waals surface area (Å²) in [4.78, 5) is 39.9. The van der Waals surface area contributed by atoms with Crippen LogP contribution in [0, 0.1) is 0 Å². The number of urea groups is 1. The van der Waals surface area contributed by atoms with E-state index in [-0.39, 0.29) is 24.5 Å². The summed E-state index contributed by atoms with van der Waals surface area (Å²) >= 11 is 1.53. The molecule has 0 radical (unpaired) electrons. The standard InChI is InChI=1S/C22H25N3O4S/c1-13(2)29-21(27)19-14(3)25(4)22(28)24-20(19)15-7-5-8-16(11-15)23-18(26)12-17-9-6-10-30-17/h5-11,13,20H,12H2,1-4H3,(H,23,26)(H,24,28)/t20-/m1/s1. The Kier molecular flexibility index (Phi) is 6.56. The Morgan fingerprint density at radius 1 is 1.27 bits per heavy atom. The minimum atomic E-state index is -0.672. The number of carbonyl (C=O) groups excluding carboxylic acids is 3. The predicted octanol–water partition coefficient (Wildman–Crippen LogP) is 3.85. The number of nitrogens with one attached hydrogen (secondary N) is 2. The maximum absolute atomic E-state index is 12.8. The Morgan fingerprint density at radius 3 is 2.70 bits per heavy atom. The van der Waals surface area contributed by atoms with Gasteiger partial charge in [0.25, 0.3) is 0 Å². The van der Waals surface area contributed by atoms with Gasteiger partial charge in [0.15, 0.2) is 0 Å². The number of hydrogen-bond acceptors (Lipinski definition) is 5. The Labute approximate surface area is 179 Å². The molecule has 1 aromatic heterocycles. The smallest absolute Gasteiger partial charge is 0.338 e. The van der Waals surface area contributed by atoms with Gasteiger partial charge in [0.1, 0.15) is 0 Å². The molecule has 0 bridgehead atoms. The molecule has 3 rings (SSSR count). The van der Waals surface area contributed by atoms with Crippen molar-refractivity contribution in [2.45, 2.75) is 39.3 Å². The number of ether oxygens (including phenoxy) is 1. The van der Waals surface area contributed by atoms with Crippen molar-refractivity contribution >= 4 is 34.9 Å². The van der Waals surface area contributed by atoms with Gasteiger partial charge in [0.2, 0.25) is 5.91 Å². The lowest BCUT2D eigenvalue weighted by Gasteiger charge is -2.33. The second-order valence-corrected chi connectivity index (χ2v) is 8.36. The first-order valence-electron chi connectivity index (χ1n) is 9.64. The van der Waals surface area contributed by atoms with E-state index in [1.54, 1.807) is 52.1 Å². The van der Waals surface area contributed by atoms with Crippen LogP contribution in [-0.2, 0) is 20.7 Å². The van der Waals surface area contributed by atoms with Gasteiger partial charge in [-0.3, -0.25) is 4.79 Å². The summed E-state index contributed by atoms with van der Waals surface area (Å²) in [5, 5.41) is 7.66. The van der Waals surface area contributed by atoms with E-state index in [2.05, 4.69) is 10.6 Å². The highest BCUT2D eigenvalue weighted by Crippen LogP contribution is 2.32. The van der Waals surface area contributed by atoms with Crippen LogP contribution in [0.25, 0.3) is 0 Å². The molecule has 0 fully saturated rings. The number of amides is 3. The lowest BCUT2D eigenvalue weighted by molar-refractivity contribution is -0.143. The van der Waals surface area contributed by atoms with E-state index in [0.29, 0.717) is 22.5 Å². The predicted molar refractivity (Wildman–Crippen MR) is 116 cm³/mol. The van der Waals surface area contributed by atoms with Crippen LogP contribution in [0.1, 0.15) is 37.3 Å². The zero-order valence-electron chi connectivity index (χ0n) is 17.4. The Morgan fingerprint density at radius 2 is 2.03 bits per heavy atom. The maximum atomic E-state index is 12.8. The quantitative estimate of drug-likeness (QED) is 0.686. The number of carbonyl (C=O) groups is 3. The van der Waals surface area contributed by atoms with Crippen LogP contribution in [0.3, 0.4) is 0 Å². The summed E-state index contributed by atoms with van der Waals surface area (Å²) in [6.45, 7) is 5.27. The van der Waals surface area contributed by atoms with Crippen molar-refractivity contribution in [1.82, 2.24) is 10.2 Å². The third-order valence-electron chi connectivity index (χ3n) is 4.74. The molecule has 8 heteroatoms. The van der Waals surface area contributed by atoms with Gasteiger partial charge in [-0.2, -0.15) is 0 Å². The van der Waals surface area contributed by atoms with Crippen molar-refractivity contribution in [2.75, 3.05) is 12.4 Å². The topological polar surface area (TPSA) is 87.7 Å². The molecule has 30 heavy (non-hydrogen) atoms. The lowest BCUT2D eigenvalue weighted by atomic mass is 9.94. The van der Waals surface area contributed by atoms with E-state index >= 15 is 0 Å². The molecular formula is C22H25N3O4S. The molecule has 1 aliphatic heterocycles. The molecule has 0 saturated heterocycles. The number of hydrogen-bond donors (Lipinski definition) is 2. The molecular weight excluding hydrogens is 402 g/mol. The summed E-state index contributed by atoms with van der Waals surface area (Å²) in [5.41, 5.74) is 2.17.